The minimum atomic E-state index is -4.37. The van der Waals surface area contributed by atoms with E-state index in [2.05, 4.69) is 35.4 Å². The van der Waals surface area contributed by atoms with Crippen LogP contribution < -0.4 is 0 Å². The molecule has 0 spiro atoms. The Morgan fingerprint density at radius 2 is 1.29 bits per heavy atom. The number of carbonyl (C=O) groups is 1. The van der Waals surface area contributed by atoms with Crippen LogP contribution in [0.5, 0.6) is 17.8 Å². The second kappa shape index (κ2) is 11.0. The summed E-state index contributed by atoms with van der Waals surface area (Å²) in [7, 11) is -4.37. The predicted octanol–water partition coefficient (Wildman–Crippen LogP) is 5.58. The van der Waals surface area contributed by atoms with E-state index in [1.165, 1.54) is 36.4 Å². The van der Waals surface area contributed by atoms with Gasteiger partial charge in [0.05, 0.1) is 21.8 Å². The van der Waals surface area contributed by atoms with Crippen LogP contribution in [0.3, 0.4) is 0 Å². The Bertz CT molecular complexity index is 2010. The van der Waals surface area contributed by atoms with Gasteiger partial charge in [0.25, 0.3) is 10.1 Å². The Kier molecular flexibility index (Phi) is 7.22. The molecular weight excluding hydrogens is 570 g/mol. The number of rotatable bonds is 7. The number of azo groups is 2. The standard InChI is InChI=1S/C26H17N7O8S/c34-22-17-4-2-1-3-16(17)18(23-27-25(37)29-26(38)28-23)12-21(22)33-32-20-10-7-14(11-19(20)24(35)36)31-30-13-5-8-15(9-6-13)42(39,40)41/h1-12,34H,(H,35,36)(H,39,40,41)(H2,27,28,29,37,38). The van der Waals surface area contributed by atoms with Crippen molar-refractivity contribution in [2.75, 3.05) is 0 Å². The van der Waals surface area contributed by atoms with E-state index in [1.54, 1.807) is 24.3 Å². The first-order chi connectivity index (χ1) is 20.0. The van der Waals surface area contributed by atoms with Gasteiger partial charge in [-0.15, -0.1) is 15.2 Å². The number of aromatic nitrogens is 3. The van der Waals surface area contributed by atoms with E-state index < -0.39 is 28.1 Å². The Balaban J connectivity index is 1.50. The molecule has 5 N–H and O–H groups in total. The largest absolute Gasteiger partial charge is 0.505 e. The van der Waals surface area contributed by atoms with Crippen molar-refractivity contribution in [3.05, 3.63) is 78.4 Å². The van der Waals surface area contributed by atoms with Gasteiger partial charge in [-0.05, 0) is 53.9 Å². The first kappa shape index (κ1) is 27.7. The van der Waals surface area contributed by atoms with Gasteiger partial charge in [-0.25, -0.2) is 4.79 Å². The van der Waals surface area contributed by atoms with Crippen LogP contribution in [0.1, 0.15) is 10.4 Å². The highest BCUT2D eigenvalue weighted by Gasteiger charge is 2.17. The monoisotopic (exact) mass is 587 g/mol. The maximum absolute atomic E-state index is 12.0. The Morgan fingerprint density at radius 3 is 1.93 bits per heavy atom. The van der Waals surface area contributed by atoms with Crippen LogP contribution >= 0.6 is 0 Å². The number of phenolic OH excluding ortho intramolecular Hbond substituents is 1. The minimum Gasteiger partial charge on any atom is -0.505 e. The summed E-state index contributed by atoms with van der Waals surface area (Å²) in [5.74, 6) is -1.73. The number of hydrogen-bond acceptors (Lipinski definition) is 13. The average molecular weight is 588 g/mol. The van der Waals surface area contributed by atoms with Crippen LogP contribution in [-0.4, -0.2) is 54.3 Å². The summed E-state index contributed by atoms with van der Waals surface area (Å²) in [4.78, 5) is 22.6. The number of aromatic carboxylic acids is 1. The molecule has 42 heavy (non-hydrogen) atoms. The lowest BCUT2D eigenvalue weighted by Crippen LogP contribution is -1.96. The zero-order valence-corrected chi connectivity index (χ0v) is 21.7. The molecular formula is C26H17N7O8S. The molecule has 0 saturated heterocycles. The van der Waals surface area contributed by atoms with Crippen molar-refractivity contribution in [3.8, 4) is 29.2 Å². The van der Waals surface area contributed by atoms with E-state index in [-0.39, 0.29) is 50.3 Å². The van der Waals surface area contributed by atoms with Crippen molar-refractivity contribution in [2.45, 2.75) is 4.90 Å². The maximum atomic E-state index is 12.0. The molecule has 0 bridgehead atoms. The number of benzene rings is 4. The molecule has 0 aliphatic heterocycles. The molecule has 16 heteroatoms. The van der Waals surface area contributed by atoms with E-state index in [0.29, 0.717) is 10.8 Å². The normalized spacial score (nSPS) is 11.9. The summed E-state index contributed by atoms with van der Waals surface area (Å²) in [6.45, 7) is 0. The molecule has 0 aliphatic rings. The number of aromatic hydroxyl groups is 3. The maximum Gasteiger partial charge on any atom is 0.338 e. The molecule has 0 aliphatic carbocycles. The van der Waals surface area contributed by atoms with Gasteiger partial charge in [0.2, 0.25) is 0 Å². The van der Waals surface area contributed by atoms with Gasteiger partial charge >= 0.3 is 18.0 Å². The molecule has 0 fully saturated rings. The van der Waals surface area contributed by atoms with Crippen molar-refractivity contribution < 1.29 is 38.2 Å². The van der Waals surface area contributed by atoms with Gasteiger partial charge in [0, 0.05) is 10.9 Å². The topological polar surface area (TPSA) is 240 Å². The Morgan fingerprint density at radius 1 is 0.690 bits per heavy atom. The third-order valence-electron chi connectivity index (χ3n) is 5.74. The quantitative estimate of drug-likeness (QED) is 0.116. The predicted molar refractivity (Wildman–Crippen MR) is 146 cm³/mol. The average Bonchev–Trinajstić information content (AvgIpc) is 2.95. The molecule has 210 valence electrons. The molecule has 0 unspecified atom stereocenters. The molecule has 1 aromatic heterocycles. The number of fused-ring (bicyclic) bond motifs is 1. The minimum absolute atomic E-state index is 0.0801. The van der Waals surface area contributed by atoms with E-state index in [9.17, 15) is 33.6 Å². The molecule has 0 saturated carbocycles. The van der Waals surface area contributed by atoms with Gasteiger partial charge in [0.15, 0.2) is 11.6 Å². The summed E-state index contributed by atoms with van der Waals surface area (Å²) in [6, 6.07) is 15.3. The summed E-state index contributed by atoms with van der Waals surface area (Å²) >= 11 is 0. The van der Waals surface area contributed by atoms with E-state index in [4.69, 9.17) is 4.55 Å². The molecule has 0 amide bonds. The van der Waals surface area contributed by atoms with Crippen LogP contribution in [0.4, 0.5) is 22.7 Å². The summed E-state index contributed by atoms with van der Waals surface area (Å²) < 4.78 is 31.4. The number of carboxylic acids is 1. The van der Waals surface area contributed by atoms with Crippen LogP contribution in [0.2, 0.25) is 0 Å². The fourth-order valence-electron chi connectivity index (χ4n) is 3.83. The smallest absolute Gasteiger partial charge is 0.338 e. The highest BCUT2D eigenvalue weighted by atomic mass is 32.2. The molecule has 5 rings (SSSR count). The molecule has 0 radical (unpaired) electrons. The number of nitrogens with zero attached hydrogens (tertiary/aromatic N) is 7. The highest BCUT2D eigenvalue weighted by molar-refractivity contribution is 7.85. The SMILES string of the molecule is O=C(O)c1cc(N=Nc2ccc(S(=O)(=O)O)cc2)ccc1N=Nc1cc(-c2nc(O)nc(O)n2)c2ccccc2c1O. The lowest BCUT2D eigenvalue weighted by molar-refractivity contribution is 0.0697. The Hall–Kier alpha value is -5.87. The van der Waals surface area contributed by atoms with Crippen molar-refractivity contribution in [3.63, 3.8) is 0 Å². The molecule has 0 atom stereocenters. The van der Waals surface area contributed by atoms with E-state index >= 15 is 0 Å². The first-order valence-electron chi connectivity index (χ1n) is 11.7. The zero-order valence-electron chi connectivity index (χ0n) is 20.9. The van der Waals surface area contributed by atoms with Crippen LogP contribution in [0.25, 0.3) is 22.2 Å². The summed E-state index contributed by atoms with van der Waals surface area (Å²) in [5.41, 5.74) is 0.190. The van der Waals surface area contributed by atoms with Crippen molar-refractivity contribution in [2.24, 2.45) is 20.5 Å². The second-order valence-electron chi connectivity index (χ2n) is 8.47. The van der Waals surface area contributed by atoms with E-state index in [0.717, 1.165) is 12.1 Å². The fraction of sp³-hybridized carbons (Fsp3) is 0. The van der Waals surface area contributed by atoms with Crippen LogP contribution in [-0.2, 0) is 10.1 Å². The summed E-state index contributed by atoms with van der Waals surface area (Å²) in [5, 5.41) is 56.8. The van der Waals surface area contributed by atoms with Gasteiger partial charge in [-0.2, -0.15) is 28.6 Å². The number of hydrogen-bond donors (Lipinski definition) is 5. The molecule has 4 aromatic carbocycles. The third-order valence-corrected chi connectivity index (χ3v) is 6.61. The van der Waals surface area contributed by atoms with Gasteiger partial charge < -0.3 is 20.4 Å². The zero-order chi connectivity index (χ0) is 30.0. The molecule has 1 heterocycles. The van der Waals surface area contributed by atoms with Gasteiger partial charge in [0.1, 0.15) is 11.4 Å². The molecule has 5 aromatic rings. The second-order valence-corrected chi connectivity index (χ2v) is 9.89. The van der Waals surface area contributed by atoms with Crippen LogP contribution in [0, 0.1) is 0 Å². The number of carboxylic acid groups (broad SMARTS) is 1. The van der Waals surface area contributed by atoms with Crippen LogP contribution in [0.15, 0.2) is 98.1 Å². The number of phenols is 1. The van der Waals surface area contributed by atoms with Crippen molar-refractivity contribution in [1.82, 2.24) is 15.0 Å². The third kappa shape index (κ3) is 5.83. The molecule has 15 nitrogen and oxygen atoms in total. The van der Waals surface area contributed by atoms with Gasteiger partial charge in [-0.1, -0.05) is 24.3 Å². The Labute approximate surface area is 235 Å². The van der Waals surface area contributed by atoms with Gasteiger partial charge in [-0.3, -0.25) is 4.55 Å². The van der Waals surface area contributed by atoms with Crippen molar-refractivity contribution in [1.29, 1.82) is 0 Å². The fourth-order valence-corrected chi connectivity index (χ4v) is 4.31. The lowest BCUT2D eigenvalue weighted by atomic mass is 10.0. The lowest BCUT2D eigenvalue weighted by Gasteiger charge is -2.10. The van der Waals surface area contributed by atoms with Crippen molar-refractivity contribution >= 4 is 49.6 Å². The van der Waals surface area contributed by atoms with E-state index in [1.807, 2.05) is 0 Å². The summed E-state index contributed by atoms with van der Waals surface area (Å²) in [6.07, 6.45) is 0. The highest BCUT2D eigenvalue weighted by Crippen LogP contribution is 2.41. The first-order valence-corrected chi connectivity index (χ1v) is 13.1.